The molecular weight excluding hydrogens is 328 g/mol. The van der Waals surface area contributed by atoms with Crippen LogP contribution in [0.25, 0.3) is 11.1 Å². The van der Waals surface area contributed by atoms with E-state index in [1.54, 1.807) is 0 Å². The number of phenols is 2. The van der Waals surface area contributed by atoms with E-state index in [0.29, 0.717) is 10.4 Å². The van der Waals surface area contributed by atoms with Gasteiger partial charge in [-0.2, -0.15) is 0 Å². The molecule has 0 aliphatic heterocycles. The zero-order chi connectivity index (χ0) is 17.3. The van der Waals surface area contributed by atoms with Crippen molar-refractivity contribution in [2.24, 2.45) is 0 Å². The third-order valence-electron chi connectivity index (χ3n) is 5.22. The Morgan fingerprint density at radius 3 is 1.58 bits per heavy atom. The summed E-state index contributed by atoms with van der Waals surface area (Å²) in [6.07, 6.45) is 9.80. The number of benzene rings is 1. The molecule has 0 bridgehead atoms. The van der Waals surface area contributed by atoms with E-state index >= 15 is 0 Å². The number of aromatic hydroxyl groups is 2. The lowest BCUT2D eigenvalue weighted by atomic mass is 9.87. The van der Waals surface area contributed by atoms with Gasteiger partial charge in [-0.15, -0.1) is 0 Å². The molecule has 2 fully saturated rings. The summed E-state index contributed by atoms with van der Waals surface area (Å²) in [4.78, 5) is 11.5. The number of hydrogen-bond acceptors (Lipinski definition) is 3. The van der Waals surface area contributed by atoms with Gasteiger partial charge in [-0.1, -0.05) is 35.6 Å². The zero-order valence-electron chi connectivity index (χ0n) is 13.7. The third-order valence-corrected chi connectivity index (χ3v) is 5.59. The summed E-state index contributed by atoms with van der Waals surface area (Å²) in [6.45, 7) is 0. The van der Waals surface area contributed by atoms with Gasteiger partial charge in [-0.25, -0.2) is 4.79 Å². The molecule has 2 saturated carbocycles. The van der Waals surface area contributed by atoms with E-state index in [2.05, 4.69) is 0 Å². The highest BCUT2D eigenvalue weighted by Crippen LogP contribution is 2.32. The van der Waals surface area contributed by atoms with Gasteiger partial charge in [-0.3, -0.25) is 0 Å². The van der Waals surface area contributed by atoms with Crippen LogP contribution in [0, 0.1) is 0 Å². The Balaban J connectivity index is 2.46. The second-order valence-corrected chi connectivity index (χ2v) is 7.15. The van der Waals surface area contributed by atoms with Crippen LogP contribution in [0.1, 0.15) is 74.6 Å². The Kier molecular flexibility index (Phi) is 5.04. The summed E-state index contributed by atoms with van der Waals surface area (Å²) in [6, 6.07) is 0. The minimum absolute atomic E-state index is 0.183. The molecule has 0 spiro atoms. The SMILES string of the molecule is O=C(O)c1c(Cl)c(O)c(=C2CCCCC2)c(=C2CCCCC2)c1O. The van der Waals surface area contributed by atoms with E-state index in [1.165, 1.54) is 0 Å². The summed E-state index contributed by atoms with van der Waals surface area (Å²) in [7, 11) is 0. The van der Waals surface area contributed by atoms with Crippen molar-refractivity contribution in [3.05, 3.63) is 21.0 Å². The topological polar surface area (TPSA) is 77.8 Å². The van der Waals surface area contributed by atoms with Gasteiger partial charge in [0.15, 0.2) is 0 Å². The largest absolute Gasteiger partial charge is 0.506 e. The summed E-state index contributed by atoms with van der Waals surface area (Å²) in [5.41, 5.74) is 1.74. The molecule has 0 unspecified atom stereocenters. The molecule has 130 valence electrons. The molecule has 4 nitrogen and oxygen atoms in total. The fourth-order valence-corrected chi connectivity index (χ4v) is 4.30. The van der Waals surface area contributed by atoms with Gasteiger partial charge in [0.1, 0.15) is 22.1 Å². The molecule has 2 aliphatic rings. The molecular formula is C19H23ClO4. The van der Waals surface area contributed by atoms with Crippen LogP contribution in [0.15, 0.2) is 0 Å². The van der Waals surface area contributed by atoms with E-state index in [0.717, 1.165) is 75.4 Å². The summed E-state index contributed by atoms with van der Waals surface area (Å²) < 4.78 is 0. The van der Waals surface area contributed by atoms with E-state index in [1.807, 2.05) is 0 Å². The lowest BCUT2D eigenvalue weighted by molar-refractivity contribution is 0.0693. The summed E-state index contributed by atoms with van der Waals surface area (Å²) >= 11 is 6.12. The van der Waals surface area contributed by atoms with Crippen molar-refractivity contribution in [1.82, 2.24) is 0 Å². The maximum Gasteiger partial charge on any atom is 0.341 e. The van der Waals surface area contributed by atoms with Gasteiger partial charge in [0.25, 0.3) is 0 Å². The predicted octanol–water partition coefficient (Wildman–Crippen LogP) is 3.68. The first-order chi connectivity index (χ1) is 11.5. The van der Waals surface area contributed by atoms with Crippen LogP contribution < -0.4 is 10.4 Å². The second-order valence-electron chi connectivity index (χ2n) is 6.77. The number of halogens is 1. The zero-order valence-corrected chi connectivity index (χ0v) is 14.5. The highest BCUT2D eigenvalue weighted by atomic mass is 35.5. The molecule has 5 heteroatoms. The van der Waals surface area contributed by atoms with Crippen LogP contribution in [0.5, 0.6) is 11.5 Å². The van der Waals surface area contributed by atoms with Crippen LogP contribution in [0.4, 0.5) is 0 Å². The summed E-state index contributed by atoms with van der Waals surface area (Å²) in [5.74, 6) is -1.78. The maximum absolute atomic E-state index is 11.5. The molecule has 0 saturated heterocycles. The molecule has 1 aromatic carbocycles. The van der Waals surface area contributed by atoms with Crippen LogP contribution in [0.2, 0.25) is 5.02 Å². The van der Waals surface area contributed by atoms with Gasteiger partial charge in [0.05, 0.1) is 0 Å². The average molecular weight is 351 g/mol. The Morgan fingerprint density at radius 1 is 0.750 bits per heavy atom. The Hall–Kier alpha value is -1.68. The second kappa shape index (κ2) is 7.06. The maximum atomic E-state index is 11.5. The van der Waals surface area contributed by atoms with Crippen LogP contribution in [-0.2, 0) is 0 Å². The number of aromatic carboxylic acids is 1. The number of carboxylic acids is 1. The van der Waals surface area contributed by atoms with Crippen molar-refractivity contribution < 1.29 is 20.1 Å². The van der Waals surface area contributed by atoms with Gasteiger partial charge < -0.3 is 15.3 Å². The summed E-state index contributed by atoms with van der Waals surface area (Å²) in [5, 5.41) is 31.7. The van der Waals surface area contributed by atoms with Gasteiger partial charge in [0, 0.05) is 10.4 Å². The highest BCUT2D eigenvalue weighted by Gasteiger charge is 2.24. The van der Waals surface area contributed by atoms with Crippen molar-refractivity contribution >= 4 is 28.7 Å². The molecule has 1 aromatic rings. The number of carboxylic acid groups (broad SMARTS) is 1. The van der Waals surface area contributed by atoms with Crippen LogP contribution in [-0.4, -0.2) is 21.3 Å². The third kappa shape index (κ3) is 3.00. The quantitative estimate of drug-likeness (QED) is 0.675. The molecule has 0 amide bonds. The fraction of sp³-hybridized carbons (Fsp3) is 0.526. The first-order valence-electron chi connectivity index (χ1n) is 8.73. The number of hydrogen-bond donors (Lipinski definition) is 3. The first kappa shape index (κ1) is 17.2. The van der Waals surface area contributed by atoms with Crippen LogP contribution in [0.3, 0.4) is 0 Å². The monoisotopic (exact) mass is 350 g/mol. The minimum atomic E-state index is -1.31. The molecule has 24 heavy (non-hydrogen) atoms. The minimum Gasteiger partial charge on any atom is -0.506 e. The van der Waals surface area contributed by atoms with Crippen molar-refractivity contribution in [2.75, 3.05) is 0 Å². The molecule has 3 N–H and O–H groups in total. The average Bonchev–Trinajstić information content (AvgIpc) is 2.59. The molecule has 3 rings (SSSR count). The number of rotatable bonds is 1. The Labute approximate surface area is 146 Å². The number of phenolic OH excluding ortho intramolecular Hbond substituents is 1. The molecule has 0 radical (unpaired) electrons. The smallest absolute Gasteiger partial charge is 0.341 e. The number of carbonyl (C=O) groups is 1. The lowest BCUT2D eigenvalue weighted by Crippen LogP contribution is -2.33. The van der Waals surface area contributed by atoms with Crippen molar-refractivity contribution in [3.8, 4) is 11.5 Å². The molecule has 2 aliphatic carbocycles. The van der Waals surface area contributed by atoms with Crippen molar-refractivity contribution in [1.29, 1.82) is 0 Å². The predicted molar refractivity (Wildman–Crippen MR) is 94.0 cm³/mol. The lowest BCUT2D eigenvalue weighted by Gasteiger charge is -2.19. The van der Waals surface area contributed by atoms with E-state index in [9.17, 15) is 20.1 Å². The standard InChI is InChI=1S/C19H23ClO4/c20-16-15(19(23)24)17(21)13(11-7-3-1-4-8-11)14(18(16)22)12-9-5-2-6-10-12/h21-22H,1-10H2,(H,23,24). The van der Waals surface area contributed by atoms with Crippen LogP contribution >= 0.6 is 11.6 Å². The Bertz CT molecular complexity index is 779. The molecule has 0 heterocycles. The normalized spacial score (nSPS) is 18.7. The fourth-order valence-electron chi connectivity index (χ4n) is 4.03. The highest BCUT2D eigenvalue weighted by molar-refractivity contribution is 6.35. The van der Waals surface area contributed by atoms with E-state index in [4.69, 9.17) is 11.6 Å². The van der Waals surface area contributed by atoms with Crippen molar-refractivity contribution in [2.45, 2.75) is 64.2 Å². The van der Waals surface area contributed by atoms with Crippen molar-refractivity contribution in [3.63, 3.8) is 0 Å². The first-order valence-corrected chi connectivity index (χ1v) is 9.11. The van der Waals surface area contributed by atoms with Gasteiger partial charge in [-0.05, 0) is 51.4 Å². The molecule has 0 aromatic heterocycles. The van der Waals surface area contributed by atoms with Gasteiger partial charge in [0.2, 0.25) is 0 Å². The van der Waals surface area contributed by atoms with E-state index < -0.39 is 5.97 Å². The van der Waals surface area contributed by atoms with Gasteiger partial charge >= 0.3 is 5.97 Å². The Morgan fingerprint density at radius 2 is 1.17 bits per heavy atom. The molecule has 0 atom stereocenters. The van der Waals surface area contributed by atoms with E-state index in [-0.39, 0.29) is 22.1 Å².